The van der Waals surface area contributed by atoms with E-state index in [1.807, 2.05) is 17.6 Å². The Labute approximate surface area is 108 Å². The number of aromatic nitrogens is 1. The zero-order chi connectivity index (χ0) is 13.8. The molecule has 0 saturated carbocycles. The molecular formula is C12H11N3O4. The topological polar surface area (TPSA) is 101 Å². The van der Waals surface area contributed by atoms with Crippen molar-refractivity contribution in [2.45, 2.75) is 0 Å². The molecule has 2 aromatic rings. The van der Waals surface area contributed by atoms with Crippen LogP contribution in [0.15, 0.2) is 30.3 Å². The van der Waals surface area contributed by atoms with Crippen LogP contribution in [0.2, 0.25) is 0 Å². The number of benzene rings is 1. The lowest BCUT2D eigenvalue weighted by atomic mass is 10.1. The molecule has 7 heteroatoms. The first-order valence-corrected chi connectivity index (χ1v) is 5.35. The van der Waals surface area contributed by atoms with E-state index in [0.29, 0.717) is 5.52 Å². The maximum atomic E-state index is 11.8. The number of hydrazine groups is 1. The average Bonchev–Trinajstić information content (AvgIpc) is 2.43. The molecule has 0 aliphatic heterocycles. The van der Waals surface area contributed by atoms with Crippen molar-refractivity contribution in [3.8, 4) is 5.88 Å². The van der Waals surface area contributed by atoms with E-state index in [0.717, 1.165) is 5.39 Å². The van der Waals surface area contributed by atoms with Crippen LogP contribution in [-0.4, -0.2) is 29.2 Å². The number of carboxylic acid groups (broad SMARTS) is 1. The second-order valence-corrected chi connectivity index (χ2v) is 3.62. The van der Waals surface area contributed by atoms with Gasteiger partial charge in [-0.15, -0.1) is 0 Å². The van der Waals surface area contributed by atoms with Crippen LogP contribution < -0.4 is 15.6 Å². The second kappa shape index (κ2) is 5.21. The van der Waals surface area contributed by atoms with Crippen LogP contribution >= 0.6 is 0 Å². The van der Waals surface area contributed by atoms with Crippen LogP contribution in [0, 0.1) is 0 Å². The highest BCUT2D eigenvalue weighted by molar-refractivity contribution is 6.00. The number of amides is 2. The molecule has 0 bridgehead atoms. The molecule has 0 radical (unpaired) electrons. The summed E-state index contributed by atoms with van der Waals surface area (Å²) in [6.45, 7) is 0. The molecule has 0 atom stereocenters. The second-order valence-electron chi connectivity index (χ2n) is 3.62. The third-order valence-electron chi connectivity index (χ3n) is 2.41. The van der Waals surface area contributed by atoms with Crippen LogP contribution in [0.4, 0.5) is 4.79 Å². The molecule has 19 heavy (non-hydrogen) atoms. The Morgan fingerprint density at radius 2 is 2.00 bits per heavy atom. The Bertz CT molecular complexity index is 642. The van der Waals surface area contributed by atoms with Crippen molar-refractivity contribution in [3.05, 3.63) is 35.9 Å². The summed E-state index contributed by atoms with van der Waals surface area (Å²) in [5.74, 6) is -0.513. The van der Waals surface area contributed by atoms with Crippen LogP contribution in [0.1, 0.15) is 10.4 Å². The minimum absolute atomic E-state index is 0.128. The van der Waals surface area contributed by atoms with E-state index < -0.39 is 12.0 Å². The molecule has 2 rings (SSSR count). The van der Waals surface area contributed by atoms with Gasteiger partial charge in [-0.25, -0.2) is 15.2 Å². The molecule has 3 N–H and O–H groups in total. The molecule has 1 aromatic carbocycles. The first-order valence-electron chi connectivity index (χ1n) is 5.35. The van der Waals surface area contributed by atoms with Gasteiger partial charge in [0.1, 0.15) is 5.56 Å². The number of hydrogen-bond donors (Lipinski definition) is 3. The summed E-state index contributed by atoms with van der Waals surface area (Å²) < 4.78 is 5.03. The lowest BCUT2D eigenvalue weighted by Gasteiger charge is -2.09. The number of rotatable bonds is 2. The lowest BCUT2D eigenvalue weighted by Crippen LogP contribution is -2.40. The summed E-state index contributed by atoms with van der Waals surface area (Å²) in [5.41, 5.74) is 4.64. The van der Waals surface area contributed by atoms with Crippen molar-refractivity contribution in [2.75, 3.05) is 7.11 Å². The van der Waals surface area contributed by atoms with E-state index in [-0.39, 0.29) is 11.4 Å². The van der Waals surface area contributed by atoms with Gasteiger partial charge in [-0.05, 0) is 12.1 Å². The van der Waals surface area contributed by atoms with Gasteiger partial charge < -0.3 is 9.84 Å². The lowest BCUT2D eigenvalue weighted by molar-refractivity contribution is 0.0923. The van der Waals surface area contributed by atoms with Crippen molar-refractivity contribution in [1.29, 1.82) is 0 Å². The van der Waals surface area contributed by atoms with Gasteiger partial charge >= 0.3 is 6.09 Å². The summed E-state index contributed by atoms with van der Waals surface area (Å²) in [6, 6.07) is 8.80. The van der Waals surface area contributed by atoms with Crippen molar-refractivity contribution >= 4 is 22.9 Å². The van der Waals surface area contributed by atoms with Gasteiger partial charge in [0.25, 0.3) is 5.91 Å². The van der Waals surface area contributed by atoms with E-state index in [1.165, 1.54) is 7.11 Å². The van der Waals surface area contributed by atoms with Gasteiger partial charge in [-0.3, -0.25) is 10.2 Å². The highest BCUT2D eigenvalue weighted by Crippen LogP contribution is 2.21. The number of hydrogen-bond acceptors (Lipinski definition) is 4. The molecule has 2 amide bonds. The molecule has 0 saturated heterocycles. The monoisotopic (exact) mass is 261 g/mol. The highest BCUT2D eigenvalue weighted by Gasteiger charge is 2.15. The van der Waals surface area contributed by atoms with E-state index in [9.17, 15) is 9.59 Å². The number of ether oxygens (including phenoxy) is 1. The Morgan fingerprint density at radius 3 is 2.68 bits per heavy atom. The predicted octanol–water partition coefficient (Wildman–Crippen LogP) is 1.16. The largest absolute Gasteiger partial charge is 0.480 e. The molecule has 0 unspecified atom stereocenters. The minimum atomic E-state index is -1.36. The molecular weight excluding hydrogens is 250 g/mol. The number of fused-ring (bicyclic) bond motifs is 1. The minimum Gasteiger partial charge on any atom is -0.480 e. The first-order chi connectivity index (χ1) is 9.11. The van der Waals surface area contributed by atoms with Gasteiger partial charge in [0.05, 0.1) is 12.6 Å². The maximum Gasteiger partial charge on any atom is 0.423 e. The smallest absolute Gasteiger partial charge is 0.423 e. The van der Waals surface area contributed by atoms with Gasteiger partial charge in [0.2, 0.25) is 5.88 Å². The molecule has 0 aliphatic carbocycles. The van der Waals surface area contributed by atoms with Gasteiger partial charge in [0, 0.05) is 5.39 Å². The van der Waals surface area contributed by atoms with E-state index in [2.05, 4.69) is 4.98 Å². The van der Waals surface area contributed by atoms with Gasteiger partial charge in [-0.1, -0.05) is 18.2 Å². The fourth-order valence-corrected chi connectivity index (χ4v) is 1.59. The average molecular weight is 261 g/mol. The van der Waals surface area contributed by atoms with Gasteiger partial charge in [-0.2, -0.15) is 0 Å². The third-order valence-corrected chi connectivity index (χ3v) is 2.41. The van der Waals surface area contributed by atoms with E-state index in [1.54, 1.807) is 23.6 Å². The van der Waals surface area contributed by atoms with Crippen LogP contribution in [-0.2, 0) is 0 Å². The predicted molar refractivity (Wildman–Crippen MR) is 66.9 cm³/mol. The van der Waals surface area contributed by atoms with Crippen LogP contribution in [0.3, 0.4) is 0 Å². The fourth-order valence-electron chi connectivity index (χ4n) is 1.59. The molecule has 98 valence electrons. The normalized spacial score (nSPS) is 9.95. The Hall–Kier alpha value is -2.83. The van der Waals surface area contributed by atoms with Gasteiger partial charge in [0.15, 0.2) is 0 Å². The zero-order valence-electron chi connectivity index (χ0n) is 10.0. The Balaban J connectivity index is 2.40. The molecule has 0 fully saturated rings. The molecule has 1 aromatic heterocycles. The van der Waals surface area contributed by atoms with Crippen LogP contribution in [0.25, 0.3) is 10.9 Å². The molecule has 1 heterocycles. The fraction of sp³-hybridized carbons (Fsp3) is 0.0833. The SMILES string of the molecule is COc1nc2ccccc2cc1C(=O)NNC(=O)O. The first kappa shape index (κ1) is 12.6. The van der Waals surface area contributed by atoms with Crippen molar-refractivity contribution in [2.24, 2.45) is 0 Å². The number of methoxy groups -OCH3 is 1. The summed E-state index contributed by atoms with van der Waals surface area (Å²) in [7, 11) is 1.39. The quantitative estimate of drug-likeness (QED) is 0.704. The summed E-state index contributed by atoms with van der Waals surface area (Å²) in [5, 5.41) is 9.19. The van der Waals surface area contributed by atoms with E-state index >= 15 is 0 Å². The van der Waals surface area contributed by atoms with E-state index in [4.69, 9.17) is 9.84 Å². The molecule has 0 spiro atoms. The summed E-state index contributed by atoms with van der Waals surface area (Å²) >= 11 is 0. The highest BCUT2D eigenvalue weighted by atomic mass is 16.5. The number of pyridine rings is 1. The maximum absolute atomic E-state index is 11.8. The number of nitrogens with one attached hydrogen (secondary N) is 2. The number of para-hydroxylation sites is 1. The third kappa shape index (κ3) is 2.71. The number of carbonyl (C=O) groups excluding carboxylic acids is 1. The summed E-state index contributed by atoms with van der Waals surface area (Å²) in [6.07, 6.45) is -1.36. The van der Waals surface area contributed by atoms with Crippen LogP contribution in [0.5, 0.6) is 5.88 Å². The number of nitrogens with zero attached hydrogens (tertiary/aromatic N) is 1. The van der Waals surface area contributed by atoms with Crippen molar-refractivity contribution < 1.29 is 19.4 Å². The zero-order valence-corrected chi connectivity index (χ0v) is 10.0. The Kier molecular flexibility index (Phi) is 3.46. The van der Waals surface area contributed by atoms with Crippen molar-refractivity contribution in [3.63, 3.8) is 0 Å². The molecule has 7 nitrogen and oxygen atoms in total. The number of carbonyl (C=O) groups is 2. The Morgan fingerprint density at radius 1 is 1.26 bits per heavy atom. The standard InChI is InChI=1S/C12H11N3O4/c1-19-11-8(10(16)14-15-12(17)18)6-7-4-2-3-5-9(7)13-11/h2-6,15H,1H3,(H,14,16)(H,17,18). The molecule has 0 aliphatic rings. The summed E-state index contributed by atoms with van der Waals surface area (Å²) in [4.78, 5) is 26.3. The van der Waals surface area contributed by atoms with Crippen molar-refractivity contribution in [1.82, 2.24) is 15.8 Å².